The Morgan fingerprint density at radius 3 is 2.00 bits per heavy atom. The van der Waals surface area contributed by atoms with Crippen LogP contribution in [0.3, 0.4) is 0 Å². The highest BCUT2D eigenvalue weighted by Gasteiger charge is 2.53. The van der Waals surface area contributed by atoms with Gasteiger partial charge in [-0.25, -0.2) is 4.98 Å². The van der Waals surface area contributed by atoms with Crippen molar-refractivity contribution in [3.05, 3.63) is 197 Å². The Labute approximate surface area is 317 Å². The number of esters is 1. The third-order valence-electron chi connectivity index (χ3n) is 11.3. The Morgan fingerprint density at radius 1 is 0.870 bits per heavy atom. The smallest absolute Gasteiger partial charge is 0.312 e. The first kappa shape index (κ1) is 36.3. The molecular weight excluding hydrogens is 669 g/mol. The van der Waals surface area contributed by atoms with Gasteiger partial charge in [-0.05, 0) is 78.2 Å². The first-order valence-electron chi connectivity index (χ1n) is 18.5. The molecule has 270 valence electrons. The molecule has 1 aromatic heterocycles. The van der Waals surface area contributed by atoms with Crippen LogP contribution in [0, 0.1) is 29.6 Å². The van der Waals surface area contributed by atoms with Crippen LogP contribution in [0.4, 0.5) is 0 Å². The van der Waals surface area contributed by atoms with Crippen LogP contribution in [0.5, 0.6) is 0 Å². The molecule has 0 bridgehead atoms. The van der Waals surface area contributed by atoms with E-state index in [4.69, 9.17) is 9.72 Å². The topological polar surface area (TPSA) is 97.0 Å². The minimum atomic E-state index is -1.07. The summed E-state index contributed by atoms with van der Waals surface area (Å²) in [4.78, 5) is 34.6. The van der Waals surface area contributed by atoms with E-state index in [1.165, 1.54) is 7.11 Å². The third-order valence-corrected chi connectivity index (χ3v) is 11.3. The number of piperidine rings is 1. The summed E-state index contributed by atoms with van der Waals surface area (Å²) in [5.74, 6) is -1.83. The lowest BCUT2D eigenvalue weighted by Crippen LogP contribution is -2.55. The van der Waals surface area contributed by atoms with Gasteiger partial charge in [0.1, 0.15) is 11.3 Å². The number of ether oxygens (including phenoxy) is 1. The Balaban J connectivity index is 1.40. The summed E-state index contributed by atoms with van der Waals surface area (Å²) < 4.78 is 7.67. The van der Waals surface area contributed by atoms with E-state index in [1.807, 2.05) is 110 Å². The van der Waals surface area contributed by atoms with E-state index >= 15 is 4.79 Å². The SMILES string of the molecule is COC(=O)[C@]1(Cc2ccccc2C)CCNCC1C(=O)[C@@H](Cc1ccc(C#N)cc1)c1cn(C(c2ccccc2)(c2ccccc2)c2ccccc2)cn1. The van der Waals surface area contributed by atoms with Crippen LogP contribution < -0.4 is 5.32 Å². The molecule has 2 heterocycles. The number of nitriles is 1. The number of aromatic nitrogens is 2. The zero-order valence-electron chi connectivity index (χ0n) is 30.7. The highest BCUT2D eigenvalue weighted by atomic mass is 16.5. The molecule has 7 heteroatoms. The van der Waals surface area contributed by atoms with E-state index in [1.54, 1.807) is 12.1 Å². The van der Waals surface area contributed by atoms with E-state index in [0.717, 1.165) is 33.4 Å². The molecule has 0 saturated carbocycles. The van der Waals surface area contributed by atoms with Crippen molar-refractivity contribution in [1.82, 2.24) is 14.9 Å². The lowest BCUT2D eigenvalue weighted by Gasteiger charge is -2.42. The van der Waals surface area contributed by atoms with Crippen molar-refractivity contribution in [2.75, 3.05) is 20.2 Å². The average Bonchev–Trinajstić information content (AvgIpc) is 3.72. The van der Waals surface area contributed by atoms with Crippen molar-refractivity contribution in [2.24, 2.45) is 11.3 Å². The van der Waals surface area contributed by atoms with Gasteiger partial charge in [0.2, 0.25) is 0 Å². The minimum absolute atomic E-state index is 0.0690. The van der Waals surface area contributed by atoms with Crippen LogP contribution in [0.15, 0.2) is 152 Å². The van der Waals surface area contributed by atoms with Gasteiger partial charge in [-0.3, -0.25) is 9.59 Å². The van der Waals surface area contributed by atoms with E-state index in [0.29, 0.717) is 43.6 Å². The molecular formula is C47H44N4O3. The second kappa shape index (κ2) is 15.9. The highest BCUT2D eigenvalue weighted by Crippen LogP contribution is 2.45. The van der Waals surface area contributed by atoms with Crippen molar-refractivity contribution in [2.45, 2.75) is 37.6 Å². The Bertz CT molecular complexity index is 2150. The zero-order chi connectivity index (χ0) is 37.5. The number of nitrogens with one attached hydrogen (secondary N) is 1. The van der Waals surface area contributed by atoms with E-state index < -0.39 is 22.8 Å². The fourth-order valence-electron chi connectivity index (χ4n) is 8.41. The Hall–Kier alpha value is -6.10. The Kier molecular flexibility index (Phi) is 10.7. The standard InChI is InChI=1S/C47H44N4O3/c1-34-14-12-13-15-37(34)29-46(45(53)54-2)26-27-49-31-42(46)44(52)41(28-35-22-24-36(30-48)25-23-35)43-32-51(33-50-43)47(38-16-6-3-7-17-38,39-18-8-4-9-19-39)40-20-10-5-11-21-40/h3-25,32-33,41-42,49H,26-29,31H2,1-2H3/t41-,42?,46-/m0/s1. The molecule has 1 aliphatic rings. The molecule has 0 radical (unpaired) electrons. The van der Waals surface area contributed by atoms with E-state index in [9.17, 15) is 10.1 Å². The number of benzene rings is 5. The number of carbonyl (C=O) groups excluding carboxylic acids is 2. The van der Waals surface area contributed by atoms with Crippen molar-refractivity contribution < 1.29 is 14.3 Å². The maximum atomic E-state index is 15.5. The fourth-order valence-corrected chi connectivity index (χ4v) is 8.41. The molecule has 1 aliphatic heterocycles. The van der Waals surface area contributed by atoms with Crippen molar-refractivity contribution in [1.29, 1.82) is 5.26 Å². The number of Topliss-reactive ketones (excluding diaryl/α,β-unsaturated/α-hetero) is 1. The molecule has 0 amide bonds. The van der Waals surface area contributed by atoms with Gasteiger partial charge < -0.3 is 14.6 Å². The number of carbonyl (C=O) groups is 2. The number of methoxy groups -OCH3 is 1. The molecule has 5 aromatic carbocycles. The van der Waals surface area contributed by atoms with Crippen LogP contribution in [0.25, 0.3) is 0 Å². The second-order valence-electron chi connectivity index (χ2n) is 14.2. The van der Waals surface area contributed by atoms with Gasteiger partial charge in [0, 0.05) is 18.7 Å². The Morgan fingerprint density at radius 2 is 1.44 bits per heavy atom. The van der Waals surface area contributed by atoms with Crippen LogP contribution in [-0.2, 0) is 32.7 Å². The van der Waals surface area contributed by atoms with Crippen LogP contribution in [0.2, 0.25) is 0 Å². The largest absolute Gasteiger partial charge is 0.469 e. The summed E-state index contributed by atoms with van der Waals surface area (Å²) in [6.45, 7) is 2.97. The maximum Gasteiger partial charge on any atom is 0.312 e. The summed E-state index contributed by atoms with van der Waals surface area (Å²) >= 11 is 0. The second-order valence-corrected chi connectivity index (χ2v) is 14.2. The number of nitrogens with zero attached hydrogens (tertiary/aromatic N) is 3. The van der Waals surface area contributed by atoms with Gasteiger partial charge in [0.25, 0.3) is 0 Å². The molecule has 1 saturated heterocycles. The number of ketones is 1. The predicted molar refractivity (Wildman–Crippen MR) is 210 cm³/mol. The molecule has 0 spiro atoms. The van der Waals surface area contributed by atoms with Gasteiger partial charge in [-0.15, -0.1) is 0 Å². The van der Waals surface area contributed by atoms with Crippen LogP contribution in [0.1, 0.15) is 57.0 Å². The third kappa shape index (κ3) is 6.77. The maximum absolute atomic E-state index is 15.5. The summed E-state index contributed by atoms with van der Waals surface area (Å²) in [6.07, 6.45) is 5.04. The van der Waals surface area contributed by atoms with E-state index in [-0.39, 0.29) is 11.8 Å². The van der Waals surface area contributed by atoms with Crippen LogP contribution in [-0.4, -0.2) is 41.5 Å². The number of aryl methyl sites for hydroxylation is 1. The number of rotatable bonds is 12. The molecule has 3 atom stereocenters. The number of hydrogen-bond donors (Lipinski definition) is 1. The lowest BCUT2D eigenvalue weighted by atomic mass is 9.63. The number of imidazole rings is 1. The monoisotopic (exact) mass is 712 g/mol. The summed E-state index contributed by atoms with van der Waals surface area (Å²) in [7, 11) is 1.41. The first-order valence-corrected chi connectivity index (χ1v) is 18.5. The zero-order valence-corrected chi connectivity index (χ0v) is 30.7. The predicted octanol–water partition coefficient (Wildman–Crippen LogP) is 7.81. The fraction of sp³-hybridized carbons (Fsp3) is 0.234. The number of hydrogen-bond acceptors (Lipinski definition) is 6. The van der Waals surface area contributed by atoms with Gasteiger partial charge in [0.15, 0.2) is 0 Å². The summed E-state index contributed by atoms with van der Waals surface area (Å²) in [5.41, 5.74) is 5.38. The molecule has 54 heavy (non-hydrogen) atoms. The summed E-state index contributed by atoms with van der Waals surface area (Å²) in [5, 5.41) is 13.0. The molecule has 7 rings (SSSR count). The van der Waals surface area contributed by atoms with Gasteiger partial charge >= 0.3 is 5.97 Å². The van der Waals surface area contributed by atoms with Gasteiger partial charge in [-0.1, -0.05) is 127 Å². The first-order chi connectivity index (χ1) is 26.4. The minimum Gasteiger partial charge on any atom is -0.469 e. The molecule has 1 fully saturated rings. The normalized spacial score (nSPS) is 17.6. The summed E-state index contributed by atoms with van der Waals surface area (Å²) in [6, 6.07) is 48.7. The average molecular weight is 713 g/mol. The lowest BCUT2D eigenvalue weighted by molar-refractivity contribution is -0.162. The van der Waals surface area contributed by atoms with Crippen molar-refractivity contribution >= 4 is 11.8 Å². The van der Waals surface area contributed by atoms with Gasteiger partial charge in [0.05, 0.1) is 42.1 Å². The highest BCUT2D eigenvalue weighted by molar-refractivity contribution is 5.94. The van der Waals surface area contributed by atoms with Crippen LogP contribution >= 0.6 is 0 Å². The van der Waals surface area contributed by atoms with E-state index in [2.05, 4.69) is 52.4 Å². The molecule has 1 unspecified atom stereocenters. The van der Waals surface area contributed by atoms with Gasteiger partial charge in [-0.2, -0.15) is 5.26 Å². The molecule has 7 nitrogen and oxygen atoms in total. The van der Waals surface area contributed by atoms with Crippen molar-refractivity contribution in [3.8, 4) is 6.07 Å². The molecule has 1 N–H and O–H groups in total. The quantitative estimate of drug-likeness (QED) is 0.103. The van der Waals surface area contributed by atoms with Crippen molar-refractivity contribution in [3.63, 3.8) is 0 Å². The molecule has 0 aliphatic carbocycles. The molecule has 6 aromatic rings.